The predicted octanol–water partition coefficient (Wildman–Crippen LogP) is 1.22. The van der Waals surface area contributed by atoms with Crippen molar-refractivity contribution in [3.05, 3.63) is 0 Å². The Balaban J connectivity index is 1.60. The number of aliphatic hydroxyl groups is 1. The molecule has 0 aromatic heterocycles. The first-order valence-electron chi connectivity index (χ1n) is 6.75. The highest BCUT2D eigenvalue weighted by Crippen LogP contribution is 2.28. The summed E-state index contributed by atoms with van der Waals surface area (Å²) >= 11 is 0. The number of nitrogens with one attached hydrogen (secondary N) is 1. The molecule has 1 atom stereocenters. The molecule has 2 rings (SSSR count). The van der Waals surface area contributed by atoms with Gasteiger partial charge in [0.15, 0.2) is 0 Å². The molecule has 17 heavy (non-hydrogen) atoms. The van der Waals surface area contributed by atoms with Crippen LogP contribution in [0.3, 0.4) is 0 Å². The summed E-state index contributed by atoms with van der Waals surface area (Å²) in [5.74, 6) is 0.816. The molecular formula is C13H23NO3. The van der Waals surface area contributed by atoms with Gasteiger partial charge in [-0.2, -0.15) is 0 Å². The van der Waals surface area contributed by atoms with Crippen molar-refractivity contribution in [3.63, 3.8) is 0 Å². The number of hydrogen-bond donors (Lipinski definition) is 2. The molecule has 2 fully saturated rings. The normalized spacial score (nSPS) is 29.7. The number of hydrogen-bond acceptors (Lipinski definition) is 3. The Morgan fingerprint density at radius 1 is 1.41 bits per heavy atom. The lowest BCUT2D eigenvalue weighted by Crippen LogP contribution is -2.43. The SMILES string of the molecule is O=C(CCC1CCCC1)NCC1(O)CCOC1. The van der Waals surface area contributed by atoms with Crippen molar-refractivity contribution in [2.75, 3.05) is 19.8 Å². The van der Waals surface area contributed by atoms with Crippen molar-refractivity contribution in [3.8, 4) is 0 Å². The van der Waals surface area contributed by atoms with Crippen LogP contribution in [0.1, 0.15) is 44.9 Å². The van der Waals surface area contributed by atoms with Gasteiger partial charge in [0.25, 0.3) is 0 Å². The van der Waals surface area contributed by atoms with Gasteiger partial charge < -0.3 is 15.2 Å². The van der Waals surface area contributed by atoms with Gasteiger partial charge in [0.1, 0.15) is 5.60 Å². The van der Waals surface area contributed by atoms with E-state index in [9.17, 15) is 9.90 Å². The number of rotatable bonds is 5. The molecule has 0 bridgehead atoms. The Hall–Kier alpha value is -0.610. The number of carbonyl (C=O) groups excluding carboxylic acids is 1. The summed E-state index contributed by atoms with van der Waals surface area (Å²) in [6.07, 6.45) is 7.43. The molecule has 1 heterocycles. The molecule has 0 spiro atoms. The average Bonchev–Trinajstić information content (AvgIpc) is 2.95. The fourth-order valence-corrected chi connectivity index (χ4v) is 2.72. The molecule has 1 saturated carbocycles. The predicted molar refractivity (Wildman–Crippen MR) is 64.6 cm³/mol. The van der Waals surface area contributed by atoms with Gasteiger partial charge >= 0.3 is 0 Å². The van der Waals surface area contributed by atoms with Crippen molar-refractivity contribution < 1.29 is 14.6 Å². The first-order chi connectivity index (χ1) is 8.18. The Morgan fingerprint density at radius 3 is 2.82 bits per heavy atom. The maximum Gasteiger partial charge on any atom is 0.220 e. The quantitative estimate of drug-likeness (QED) is 0.761. The Bertz CT molecular complexity index is 255. The van der Waals surface area contributed by atoms with Gasteiger partial charge in [0, 0.05) is 26.0 Å². The summed E-state index contributed by atoms with van der Waals surface area (Å²) in [6, 6.07) is 0. The van der Waals surface area contributed by atoms with Crippen molar-refractivity contribution >= 4 is 5.91 Å². The largest absolute Gasteiger partial charge is 0.386 e. The monoisotopic (exact) mass is 241 g/mol. The molecular weight excluding hydrogens is 218 g/mol. The highest BCUT2D eigenvalue weighted by Gasteiger charge is 2.32. The van der Waals surface area contributed by atoms with Crippen LogP contribution in [0.4, 0.5) is 0 Å². The molecule has 4 heteroatoms. The Kier molecular flexibility index (Phi) is 4.40. The Morgan fingerprint density at radius 2 is 2.18 bits per heavy atom. The molecule has 98 valence electrons. The maximum absolute atomic E-state index is 11.6. The molecule has 4 nitrogen and oxygen atoms in total. The zero-order valence-electron chi connectivity index (χ0n) is 10.4. The van der Waals surface area contributed by atoms with Gasteiger partial charge in [-0.15, -0.1) is 0 Å². The lowest BCUT2D eigenvalue weighted by Gasteiger charge is -2.20. The molecule has 0 radical (unpaired) electrons. The van der Waals surface area contributed by atoms with E-state index in [0.29, 0.717) is 32.6 Å². The van der Waals surface area contributed by atoms with E-state index in [2.05, 4.69) is 5.32 Å². The van der Waals surface area contributed by atoms with Crippen LogP contribution in [0.2, 0.25) is 0 Å². The lowest BCUT2D eigenvalue weighted by molar-refractivity contribution is -0.122. The van der Waals surface area contributed by atoms with Crippen LogP contribution < -0.4 is 5.32 Å². The number of ether oxygens (including phenoxy) is 1. The van der Waals surface area contributed by atoms with Crippen LogP contribution in [0.5, 0.6) is 0 Å². The van der Waals surface area contributed by atoms with Crippen molar-refractivity contribution in [1.29, 1.82) is 0 Å². The van der Waals surface area contributed by atoms with E-state index in [0.717, 1.165) is 12.3 Å². The average molecular weight is 241 g/mol. The van der Waals surface area contributed by atoms with Crippen molar-refractivity contribution in [2.24, 2.45) is 5.92 Å². The number of carbonyl (C=O) groups is 1. The molecule has 2 aliphatic rings. The summed E-state index contributed by atoms with van der Waals surface area (Å²) in [7, 11) is 0. The zero-order chi connectivity index (χ0) is 12.1. The highest BCUT2D eigenvalue weighted by atomic mass is 16.5. The van der Waals surface area contributed by atoms with E-state index < -0.39 is 5.60 Å². The van der Waals surface area contributed by atoms with Crippen molar-refractivity contribution in [2.45, 2.75) is 50.5 Å². The molecule has 1 amide bonds. The fourth-order valence-electron chi connectivity index (χ4n) is 2.72. The zero-order valence-corrected chi connectivity index (χ0v) is 10.4. The van der Waals surface area contributed by atoms with E-state index in [1.165, 1.54) is 25.7 Å². The number of amides is 1. The van der Waals surface area contributed by atoms with Crippen LogP contribution in [-0.4, -0.2) is 36.4 Å². The summed E-state index contributed by atoms with van der Waals surface area (Å²) in [4.78, 5) is 11.6. The van der Waals surface area contributed by atoms with Crippen LogP contribution in [0.15, 0.2) is 0 Å². The van der Waals surface area contributed by atoms with Crippen LogP contribution in [0.25, 0.3) is 0 Å². The maximum atomic E-state index is 11.6. The third-order valence-electron chi connectivity index (χ3n) is 3.95. The summed E-state index contributed by atoms with van der Waals surface area (Å²) in [5.41, 5.74) is -0.830. The minimum atomic E-state index is -0.830. The Labute approximate surface area is 103 Å². The topological polar surface area (TPSA) is 58.6 Å². The molecule has 0 aromatic rings. The lowest BCUT2D eigenvalue weighted by atomic mass is 10.0. The third-order valence-corrected chi connectivity index (χ3v) is 3.95. The van der Waals surface area contributed by atoms with Gasteiger partial charge in [0.05, 0.1) is 6.61 Å². The van der Waals surface area contributed by atoms with Gasteiger partial charge in [-0.05, 0) is 12.3 Å². The fraction of sp³-hybridized carbons (Fsp3) is 0.923. The van der Waals surface area contributed by atoms with Crippen LogP contribution >= 0.6 is 0 Å². The summed E-state index contributed by atoms with van der Waals surface area (Å²) < 4.78 is 5.13. The van der Waals surface area contributed by atoms with Gasteiger partial charge in [-0.25, -0.2) is 0 Å². The van der Waals surface area contributed by atoms with E-state index in [-0.39, 0.29) is 5.91 Å². The van der Waals surface area contributed by atoms with E-state index in [1.54, 1.807) is 0 Å². The van der Waals surface area contributed by atoms with Crippen LogP contribution in [-0.2, 0) is 9.53 Å². The molecule has 1 saturated heterocycles. The van der Waals surface area contributed by atoms with E-state index in [4.69, 9.17) is 4.74 Å². The highest BCUT2D eigenvalue weighted by molar-refractivity contribution is 5.75. The van der Waals surface area contributed by atoms with Gasteiger partial charge in [-0.1, -0.05) is 25.7 Å². The van der Waals surface area contributed by atoms with Gasteiger partial charge in [-0.3, -0.25) is 4.79 Å². The molecule has 0 aromatic carbocycles. The van der Waals surface area contributed by atoms with Crippen molar-refractivity contribution in [1.82, 2.24) is 5.32 Å². The first kappa shape index (κ1) is 12.8. The minimum Gasteiger partial charge on any atom is -0.386 e. The third kappa shape index (κ3) is 3.96. The molecule has 1 unspecified atom stereocenters. The van der Waals surface area contributed by atoms with E-state index >= 15 is 0 Å². The second-order valence-electron chi connectivity index (χ2n) is 5.49. The second-order valence-corrected chi connectivity index (χ2v) is 5.49. The standard InChI is InChI=1S/C13H23NO3/c15-12(6-5-11-3-1-2-4-11)14-9-13(16)7-8-17-10-13/h11,16H,1-10H2,(H,14,15). The smallest absolute Gasteiger partial charge is 0.220 e. The van der Waals surface area contributed by atoms with Crippen LogP contribution in [0, 0.1) is 5.92 Å². The molecule has 1 aliphatic carbocycles. The summed E-state index contributed by atoms with van der Waals surface area (Å²) in [6.45, 7) is 1.26. The van der Waals surface area contributed by atoms with Gasteiger partial charge in [0.2, 0.25) is 5.91 Å². The first-order valence-corrected chi connectivity index (χ1v) is 6.75. The molecule has 1 aliphatic heterocycles. The second kappa shape index (κ2) is 5.83. The van der Waals surface area contributed by atoms with E-state index in [1.807, 2.05) is 0 Å². The minimum absolute atomic E-state index is 0.0669. The summed E-state index contributed by atoms with van der Waals surface area (Å²) in [5, 5.41) is 12.8. The molecule has 2 N–H and O–H groups in total.